The molecule has 0 amide bonds. The molecule has 2 aromatic rings. The smallest absolute Gasteiger partial charge is 0.303 e. The van der Waals surface area contributed by atoms with Crippen LogP contribution < -0.4 is 4.74 Å². The first-order valence-electron chi connectivity index (χ1n) is 8.16. The number of halogens is 2. The van der Waals surface area contributed by atoms with Gasteiger partial charge in [0.15, 0.2) is 5.78 Å². The van der Waals surface area contributed by atoms with Gasteiger partial charge < -0.3 is 9.84 Å². The van der Waals surface area contributed by atoms with Gasteiger partial charge >= 0.3 is 5.97 Å². The van der Waals surface area contributed by atoms with Crippen LogP contribution in [0.5, 0.6) is 5.75 Å². The summed E-state index contributed by atoms with van der Waals surface area (Å²) in [5.74, 6) is -0.557. The molecule has 0 aliphatic heterocycles. The Morgan fingerprint density at radius 2 is 1.96 bits per heavy atom. The Morgan fingerprint density at radius 3 is 2.50 bits per heavy atom. The molecule has 7 heteroatoms. The number of carboxylic acids is 1. The standard InChI is InChI=1S/C14H14Cl2O4.C5H5N/c1-7-5-8-6-9(20-4-2-3-10(17)18)12(15)13(16)11(8)14(7)19;1-2-4-6-5-3-1/h6-7H,2-5H2,1H3,(H,17,18);1-5H. The normalized spacial score (nSPS) is 15.0. The molecule has 0 radical (unpaired) electrons. The molecule has 1 N–H and O–H groups in total. The first kappa shape index (κ1) is 20.2. The summed E-state index contributed by atoms with van der Waals surface area (Å²) in [6, 6.07) is 7.44. The first-order valence-corrected chi connectivity index (χ1v) is 8.92. The number of pyridine rings is 1. The zero-order valence-corrected chi connectivity index (χ0v) is 15.8. The molecular weight excluding hydrogens is 377 g/mol. The van der Waals surface area contributed by atoms with Gasteiger partial charge in [-0.2, -0.15) is 0 Å². The first-order chi connectivity index (χ1) is 12.4. The second-order valence-electron chi connectivity index (χ2n) is 5.88. The summed E-state index contributed by atoms with van der Waals surface area (Å²) in [4.78, 5) is 26.2. The number of nitrogens with zero attached hydrogens (tertiary/aromatic N) is 1. The van der Waals surface area contributed by atoms with Crippen molar-refractivity contribution >= 4 is 35.0 Å². The van der Waals surface area contributed by atoms with E-state index < -0.39 is 5.97 Å². The maximum absolute atomic E-state index is 12.0. The van der Waals surface area contributed by atoms with Crippen molar-refractivity contribution in [2.24, 2.45) is 5.92 Å². The van der Waals surface area contributed by atoms with E-state index in [1.165, 1.54) is 0 Å². The van der Waals surface area contributed by atoms with Crippen molar-refractivity contribution in [3.05, 3.63) is 57.8 Å². The molecule has 1 atom stereocenters. The van der Waals surface area contributed by atoms with Crippen LogP contribution in [-0.2, 0) is 11.2 Å². The lowest BCUT2D eigenvalue weighted by Crippen LogP contribution is -2.05. The molecule has 0 saturated heterocycles. The average molecular weight is 396 g/mol. The van der Waals surface area contributed by atoms with Gasteiger partial charge in [0.2, 0.25) is 0 Å². The molecule has 3 rings (SSSR count). The third-order valence-electron chi connectivity index (χ3n) is 3.83. The number of fused-ring (bicyclic) bond motifs is 1. The fourth-order valence-electron chi connectivity index (χ4n) is 2.57. The molecule has 0 saturated carbocycles. The molecule has 1 aliphatic rings. The summed E-state index contributed by atoms with van der Waals surface area (Å²) in [6.45, 7) is 2.09. The lowest BCUT2D eigenvalue weighted by atomic mass is 10.1. The van der Waals surface area contributed by atoms with Gasteiger partial charge in [-0.1, -0.05) is 36.2 Å². The third kappa shape index (κ3) is 5.19. The van der Waals surface area contributed by atoms with Crippen LogP contribution in [0.2, 0.25) is 10.0 Å². The van der Waals surface area contributed by atoms with Crippen LogP contribution in [0.25, 0.3) is 0 Å². The Hall–Kier alpha value is -2.11. The quantitative estimate of drug-likeness (QED) is 0.742. The number of aromatic nitrogens is 1. The molecule has 1 unspecified atom stereocenters. The summed E-state index contributed by atoms with van der Waals surface area (Å²) in [5, 5.41) is 8.99. The second-order valence-corrected chi connectivity index (χ2v) is 6.63. The minimum atomic E-state index is -0.869. The van der Waals surface area contributed by atoms with Gasteiger partial charge in [-0.3, -0.25) is 14.6 Å². The predicted molar refractivity (Wildman–Crippen MR) is 100 cm³/mol. The predicted octanol–water partition coefficient (Wildman–Crippen LogP) is 4.69. The van der Waals surface area contributed by atoms with Crippen LogP contribution in [0.4, 0.5) is 0 Å². The average Bonchev–Trinajstić information content (AvgIpc) is 2.92. The number of ketones is 1. The summed E-state index contributed by atoms with van der Waals surface area (Å²) in [7, 11) is 0. The number of Topliss-reactive ketones (excluding diaryl/α,β-unsaturated/α-hetero) is 1. The van der Waals surface area contributed by atoms with E-state index in [4.69, 9.17) is 33.0 Å². The number of hydrogen-bond donors (Lipinski definition) is 1. The molecule has 1 aromatic carbocycles. The van der Waals surface area contributed by atoms with Gasteiger partial charge in [-0.05, 0) is 36.6 Å². The molecule has 1 heterocycles. The van der Waals surface area contributed by atoms with Gasteiger partial charge in [-0.25, -0.2) is 0 Å². The fraction of sp³-hybridized carbons (Fsp3) is 0.316. The largest absolute Gasteiger partial charge is 0.492 e. The second kappa shape index (κ2) is 9.55. The molecule has 26 heavy (non-hydrogen) atoms. The highest BCUT2D eigenvalue weighted by molar-refractivity contribution is 6.45. The van der Waals surface area contributed by atoms with Gasteiger partial charge in [-0.15, -0.1) is 0 Å². The third-order valence-corrected chi connectivity index (χ3v) is 4.68. The van der Waals surface area contributed by atoms with Crippen molar-refractivity contribution in [2.75, 3.05) is 6.61 Å². The fourth-order valence-corrected chi connectivity index (χ4v) is 3.08. The molecule has 1 aliphatic carbocycles. The Bertz CT molecular complexity index is 754. The van der Waals surface area contributed by atoms with E-state index in [1.54, 1.807) is 18.5 Å². The van der Waals surface area contributed by atoms with E-state index in [-0.39, 0.29) is 34.8 Å². The summed E-state index contributed by atoms with van der Waals surface area (Å²) in [6.07, 6.45) is 4.54. The van der Waals surface area contributed by atoms with Crippen molar-refractivity contribution in [1.82, 2.24) is 4.98 Å². The van der Waals surface area contributed by atoms with Crippen LogP contribution in [0.3, 0.4) is 0 Å². The van der Waals surface area contributed by atoms with Crippen molar-refractivity contribution in [2.45, 2.75) is 26.2 Å². The lowest BCUT2D eigenvalue weighted by Gasteiger charge is -2.11. The maximum Gasteiger partial charge on any atom is 0.303 e. The van der Waals surface area contributed by atoms with Gasteiger partial charge in [0, 0.05) is 30.3 Å². The number of carbonyl (C=O) groups excluding carboxylic acids is 1. The number of ether oxygens (including phenoxy) is 1. The molecule has 138 valence electrons. The maximum atomic E-state index is 12.0. The molecule has 0 spiro atoms. The highest BCUT2D eigenvalue weighted by Crippen LogP contribution is 2.42. The van der Waals surface area contributed by atoms with Crippen molar-refractivity contribution in [3.63, 3.8) is 0 Å². The summed E-state index contributed by atoms with van der Waals surface area (Å²) < 4.78 is 5.47. The van der Waals surface area contributed by atoms with Crippen molar-refractivity contribution in [1.29, 1.82) is 0 Å². The highest BCUT2D eigenvalue weighted by Gasteiger charge is 2.31. The number of rotatable bonds is 5. The van der Waals surface area contributed by atoms with Crippen LogP contribution in [0.1, 0.15) is 35.7 Å². The minimum Gasteiger partial charge on any atom is -0.492 e. The monoisotopic (exact) mass is 395 g/mol. The van der Waals surface area contributed by atoms with E-state index >= 15 is 0 Å². The lowest BCUT2D eigenvalue weighted by molar-refractivity contribution is -0.137. The van der Waals surface area contributed by atoms with Crippen molar-refractivity contribution < 1.29 is 19.4 Å². The minimum absolute atomic E-state index is 0.00401. The van der Waals surface area contributed by atoms with Gasteiger partial charge in [0.25, 0.3) is 0 Å². The number of hydrogen-bond acceptors (Lipinski definition) is 4. The molecule has 0 bridgehead atoms. The highest BCUT2D eigenvalue weighted by atomic mass is 35.5. The Labute approximate surface area is 161 Å². The summed E-state index contributed by atoms with van der Waals surface area (Å²) in [5.41, 5.74) is 1.33. The van der Waals surface area contributed by atoms with E-state index in [9.17, 15) is 9.59 Å². The van der Waals surface area contributed by atoms with E-state index in [0.29, 0.717) is 24.2 Å². The number of carbonyl (C=O) groups is 2. The van der Waals surface area contributed by atoms with Gasteiger partial charge in [0.1, 0.15) is 10.8 Å². The topological polar surface area (TPSA) is 76.5 Å². The molecular formula is C19H19Cl2NO4. The SMILES string of the molecule is CC1Cc2cc(OCCCC(=O)O)c(Cl)c(Cl)c2C1=O.c1ccncc1. The van der Waals surface area contributed by atoms with E-state index in [1.807, 2.05) is 25.1 Å². The Kier molecular flexibility index (Phi) is 7.42. The Balaban J connectivity index is 0.000000342. The summed E-state index contributed by atoms with van der Waals surface area (Å²) >= 11 is 12.2. The number of aliphatic carboxylic acids is 1. The van der Waals surface area contributed by atoms with Gasteiger partial charge in [0.05, 0.1) is 11.6 Å². The van der Waals surface area contributed by atoms with E-state index in [2.05, 4.69) is 4.98 Å². The zero-order valence-electron chi connectivity index (χ0n) is 14.2. The number of benzene rings is 1. The van der Waals surface area contributed by atoms with Crippen molar-refractivity contribution in [3.8, 4) is 5.75 Å². The van der Waals surface area contributed by atoms with Crippen LogP contribution in [0.15, 0.2) is 36.7 Å². The molecule has 5 nitrogen and oxygen atoms in total. The number of carboxylic acid groups (broad SMARTS) is 1. The van der Waals surface area contributed by atoms with Crippen LogP contribution in [0, 0.1) is 5.92 Å². The molecule has 0 fully saturated rings. The van der Waals surface area contributed by atoms with Crippen LogP contribution >= 0.6 is 23.2 Å². The molecule has 1 aromatic heterocycles. The van der Waals surface area contributed by atoms with E-state index in [0.717, 1.165) is 5.56 Å². The van der Waals surface area contributed by atoms with Crippen LogP contribution in [-0.4, -0.2) is 28.4 Å². The zero-order chi connectivity index (χ0) is 19.1. The Morgan fingerprint density at radius 1 is 1.27 bits per heavy atom.